The van der Waals surface area contributed by atoms with Crippen molar-refractivity contribution in [3.05, 3.63) is 52.0 Å². The summed E-state index contributed by atoms with van der Waals surface area (Å²) in [7, 11) is -4.18. The average molecular weight is 518 g/mol. The van der Waals surface area contributed by atoms with E-state index in [1.54, 1.807) is 38.1 Å². The Hall–Kier alpha value is -2.58. The standard InChI is InChI=1S/C26H32ClN3O4S/c1-16-12-17(2)25(18(3)13-16)35(33,34)30-22-11-10-19(27)14-21(22)29-26(32)23(30)15-24(31)28-20-8-6-4-5-7-9-20/h10-14,20,23H,4-9,15H2,1-3H3,(H,28,31)(H,29,32). The topological polar surface area (TPSA) is 95.6 Å². The van der Waals surface area contributed by atoms with E-state index in [0.29, 0.717) is 27.5 Å². The Labute approximate surface area is 212 Å². The molecule has 2 aromatic carbocycles. The Bertz CT molecular complexity index is 1230. The molecule has 0 saturated heterocycles. The molecule has 0 radical (unpaired) electrons. The smallest absolute Gasteiger partial charge is 0.265 e. The second kappa shape index (κ2) is 10.2. The van der Waals surface area contributed by atoms with Crippen LogP contribution in [0.4, 0.5) is 11.4 Å². The van der Waals surface area contributed by atoms with E-state index in [9.17, 15) is 18.0 Å². The summed E-state index contributed by atoms with van der Waals surface area (Å²) in [5.41, 5.74) is 2.72. The molecule has 4 rings (SSSR count). The molecule has 2 aliphatic rings. The van der Waals surface area contributed by atoms with Crippen molar-refractivity contribution < 1.29 is 18.0 Å². The third-order valence-electron chi connectivity index (χ3n) is 6.76. The van der Waals surface area contributed by atoms with Crippen LogP contribution < -0.4 is 14.9 Å². The minimum Gasteiger partial charge on any atom is -0.353 e. The maximum Gasteiger partial charge on any atom is 0.265 e. The lowest BCUT2D eigenvalue weighted by Crippen LogP contribution is -2.53. The first-order valence-electron chi connectivity index (χ1n) is 12.1. The Morgan fingerprint density at radius 3 is 2.31 bits per heavy atom. The van der Waals surface area contributed by atoms with Crippen LogP contribution >= 0.6 is 11.6 Å². The first kappa shape index (κ1) is 25.5. The van der Waals surface area contributed by atoms with Crippen molar-refractivity contribution in [2.45, 2.75) is 82.7 Å². The third-order valence-corrected chi connectivity index (χ3v) is 9.12. The maximum atomic E-state index is 14.1. The molecule has 1 unspecified atom stereocenters. The van der Waals surface area contributed by atoms with Gasteiger partial charge in [0.15, 0.2) is 0 Å². The quantitative estimate of drug-likeness (QED) is 0.545. The van der Waals surface area contributed by atoms with E-state index in [4.69, 9.17) is 11.6 Å². The number of benzene rings is 2. The molecule has 1 fully saturated rings. The van der Waals surface area contributed by atoms with Crippen LogP contribution in [0, 0.1) is 20.8 Å². The van der Waals surface area contributed by atoms with Gasteiger partial charge in [0.25, 0.3) is 10.0 Å². The number of hydrogen-bond donors (Lipinski definition) is 2. The highest BCUT2D eigenvalue weighted by molar-refractivity contribution is 7.93. The highest BCUT2D eigenvalue weighted by atomic mass is 35.5. The van der Waals surface area contributed by atoms with Gasteiger partial charge in [-0.25, -0.2) is 8.42 Å². The van der Waals surface area contributed by atoms with Crippen molar-refractivity contribution in [3.8, 4) is 0 Å². The van der Waals surface area contributed by atoms with Crippen molar-refractivity contribution in [1.29, 1.82) is 0 Å². The number of fused-ring (bicyclic) bond motifs is 1. The molecule has 1 aliphatic carbocycles. The average Bonchev–Trinajstić information content (AvgIpc) is 3.01. The SMILES string of the molecule is Cc1cc(C)c(S(=O)(=O)N2c3ccc(Cl)cc3NC(=O)C2CC(=O)NC2CCCCCC2)c(C)c1. The van der Waals surface area contributed by atoms with Crippen LogP contribution in [-0.4, -0.2) is 32.3 Å². The Morgan fingerprint density at radius 1 is 1.06 bits per heavy atom. The van der Waals surface area contributed by atoms with Crippen molar-refractivity contribution >= 4 is 44.8 Å². The summed E-state index contributed by atoms with van der Waals surface area (Å²) in [5.74, 6) is -0.881. The molecule has 1 saturated carbocycles. The van der Waals surface area contributed by atoms with E-state index in [2.05, 4.69) is 10.6 Å². The van der Waals surface area contributed by atoms with Gasteiger partial charge in [-0.15, -0.1) is 0 Å². The zero-order valence-electron chi connectivity index (χ0n) is 20.4. The van der Waals surface area contributed by atoms with Gasteiger partial charge in [0, 0.05) is 11.1 Å². The van der Waals surface area contributed by atoms with Crippen LogP contribution in [0.25, 0.3) is 0 Å². The summed E-state index contributed by atoms with van der Waals surface area (Å²) in [6.07, 6.45) is 5.93. The molecule has 2 N–H and O–H groups in total. The number of halogens is 1. The summed E-state index contributed by atoms with van der Waals surface area (Å²) in [5, 5.41) is 6.16. The Balaban J connectivity index is 1.74. The van der Waals surface area contributed by atoms with Crippen LogP contribution in [0.3, 0.4) is 0 Å². The third kappa shape index (κ3) is 5.33. The molecule has 1 aliphatic heterocycles. The summed E-state index contributed by atoms with van der Waals surface area (Å²) >= 11 is 6.13. The zero-order valence-corrected chi connectivity index (χ0v) is 21.9. The van der Waals surface area contributed by atoms with E-state index in [0.717, 1.165) is 48.4 Å². The molecule has 188 valence electrons. The first-order valence-corrected chi connectivity index (χ1v) is 13.9. The molecule has 0 bridgehead atoms. The van der Waals surface area contributed by atoms with Gasteiger partial charge in [-0.1, -0.05) is 55.0 Å². The van der Waals surface area contributed by atoms with Gasteiger partial charge in [-0.2, -0.15) is 0 Å². The van der Waals surface area contributed by atoms with Crippen molar-refractivity contribution in [2.75, 3.05) is 9.62 Å². The molecule has 9 heteroatoms. The number of anilines is 2. The molecule has 35 heavy (non-hydrogen) atoms. The molecule has 1 heterocycles. The second-order valence-corrected chi connectivity index (χ2v) is 11.8. The predicted octanol–water partition coefficient (Wildman–Crippen LogP) is 5.01. The largest absolute Gasteiger partial charge is 0.353 e. The fourth-order valence-electron chi connectivity index (χ4n) is 5.32. The van der Waals surface area contributed by atoms with E-state index >= 15 is 0 Å². The fourth-order valence-corrected chi connectivity index (χ4v) is 7.55. The minimum atomic E-state index is -4.18. The van der Waals surface area contributed by atoms with Gasteiger partial charge in [-0.05, 0) is 62.9 Å². The van der Waals surface area contributed by atoms with E-state index < -0.39 is 22.0 Å². The van der Waals surface area contributed by atoms with Gasteiger partial charge < -0.3 is 10.6 Å². The van der Waals surface area contributed by atoms with Crippen molar-refractivity contribution in [3.63, 3.8) is 0 Å². The van der Waals surface area contributed by atoms with Crippen LogP contribution in [0.15, 0.2) is 35.2 Å². The van der Waals surface area contributed by atoms with Crippen molar-refractivity contribution in [2.24, 2.45) is 0 Å². The molecule has 2 aromatic rings. The van der Waals surface area contributed by atoms with Crippen LogP contribution in [-0.2, 0) is 19.6 Å². The molecule has 7 nitrogen and oxygen atoms in total. The predicted molar refractivity (Wildman–Crippen MR) is 138 cm³/mol. The number of amides is 2. The van der Waals surface area contributed by atoms with Gasteiger partial charge >= 0.3 is 0 Å². The van der Waals surface area contributed by atoms with Crippen LogP contribution in [0.1, 0.15) is 61.6 Å². The molecule has 1 atom stereocenters. The fraction of sp³-hybridized carbons (Fsp3) is 0.462. The lowest BCUT2D eigenvalue weighted by Gasteiger charge is -2.37. The maximum absolute atomic E-state index is 14.1. The second-order valence-electron chi connectivity index (χ2n) is 9.66. The van der Waals surface area contributed by atoms with Crippen LogP contribution in [0.5, 0.6) is 0 Å². The van der Waals surface area contributed by atoms with E-state index in [1.165, 1.54) is 6.07 Å². The number of carbonyl (C=O) groups is 2. The molecule has 0 spiro atoms. The molecular weight excluding hydrogens is 486 g/mol. The van der Waals surface area contributed by atoms with Gasteiger partial charge in [0.05, 0.1) is 22.7 Å². The number of rotatable bonds is 5. The number of aryl methyl sites for hydroxylation is 3. The lowest BCUT2D eigenvalue weighted by molar-refractivity contribution is -0.125. The summed E-state index contributed by atoms with van der Waals surface area (Å²) in [6.45, 7) is 5.39. The zero-order chi connectivity index (χ0) is 25.3. The highest BCUT2D eigenvalue weighted by Gasteiger charge is 2.43. The van der Waals surface area contributed by atoms with E-state index in [-0.39, 0.29) is 23.3 Å². The highest BCUT2D eigenvalue weighted by Crippen LogP contribution is 2.40. The molecule has 2 amide bonds. The van der Waals surface area contributed by atoms with E-state index in [1.807, 2.05) is 6.92 Å². The molecular formula is C26H32ClN3O4S. The minimum absolute atomic E-state index is 0.0504. The summed E-state index contributed by atoms with van der Waals surface area (Å²) in [4.78, 5) is 26.4. The molecule has 0 aromatic heterocycles. The summed E-state index contributed by atoms with van der Waals surface area (Å²) < 4.78 is 29.4. The Morgan fingerprint density at radius 2 is 1.69 bits per heavy atom. The van der Waals surface area contributed by atoms with Gasteiger partial charge in [0.2, 0.25) is 11.8 Å². The normalized spacial score (nSPS) is 19.0. The first-order chi connectivity index (χ1) is 16.6. The number of nitrogens with zero attached hydrogens (tertiary/aromatic N) is 1. The number of sulfonamides is 1. The van der Waals surface area contributed by atoms with Crippen molar-refractivity contribution in [1.82, 2.24) is 5.32 Å². The Kier molecular flexibility index (Phi) is 7.43. The van der Waals surface area contributed by atoms with Crippen LogP contribution in [0.2, 0.25) is 5.02 Å². The lowest BCUT2D eigenvalue weighted by atomic mass is 10.1. The number of nitrogens with one attached hydrogen (secondary N) is 2. The number of carbonyl (C=O) groups excluding carboxylic acids is 2. The number of hydrogen-bond acceptors (Lipinski definition) is 4. The monoisotopic (exact) mass is 517 g/mol. The summed E-state index contributed by atoms with van der Waals surface area (Å²) in [6, 6.07) is 7.12. The van der Waals surface area contributed by atoms with Gasteiger partial charge in [0.1, 0.15) is 6.04 Å². The van der Waals surface area contributed by atoms with Gasteiger partial charge in [-0.3, -0.25) is 13.9 Å².